The van der Waals surface area contributed by atoms with E-state index in [1.54, 1.807) is 18.2 Å². The molecular formula is C21H14BrNO5S2. The summed E-state index contributed by atoms with van der Waals surface area (Å²) in [4.78, 5) is 29.2. The average Bonchev–Trinajstić information content (AvgIpc) is 3.52. The predicted octanol–water partition coefficient (Wildman–Crippen LogP) is 4.92. The molecule has 2 aliphatic heterocycles. The number of carbonyl (C=O) groups is 2. The number of benzene rings is 1. The van der Waals surface area contributed by atoms with Crippen molar-refractivity contribution in [3.63, 3.8) is 0 Å². The van der Waals surface area contributed by atoms with E-state index in [1.165, 1.54) is 27.6 Å². The van der Waals surface area contributed by atoms with Gasteiger partial charge in [-0.3, -0.25) is 9.59 Å². The first-order valence-corrected chi connectivity index (χ1v) is 11.5. The molecule has 0 spiro atoms. The first kappa shape index (κ1) is 19.3. The fourth-order valence-corrected chi connectivity index (χ4v) is 5.85. The van der Waals surface area contributed by atoms with Crippen LogP contribution in [0.25, 0.3) is 5.76 Å². The van der Waals surface area contributed by atoms with Crippen LogP contribution in [0.4, 0.5) is 0 Å². The number of Topliss-reactive ketones (excluding diaryl/α,β-unsaturated/α-hetero) is 1. The van der Waals surface area contributed by atoms with Crippen molar-refractivity contribution < 1.29 is 24.2 Å². The van der Waals surface area contributed by atoms with Crippen LogP contribution in [0.2, 0.25) is 0 Å². The standard InChI is InChI=1S/C21H14BrNO5S2/c22-12-7-16(30-9-12)18-17(19(24)11-3-4-14-15(6-11)28-10-27-14)20(25)21(26)23(18)8-13-2-1-5-29-13/h1-7,9,18,24H,8,10H2/b19-17+. The maximum atomic E-state index is 13.0. The summed E-state index contributed by atoms with van der Waals surface area (Å²) < 4.78 is 11.6. The molecule has 2 aliphatic rings. The summed E-state index contributed by atoms with van der Waals surface area (Å²) in [6, 6.07) is 9.96. The van der Waals surface area contributed by atoms with Crippen LogP contribution in [-0.4, -0.2) is 28.5 Å². The summed E-state index contributed by atoms with van der Waals surface area (Å²) in [6.45, 7) is 0.397. The molecule has 0 saturated carbocycles. The third kappa shape index (κ3) is 3.23. The lowest BCUT2D eigenvalue weighted by atomic mass is 9.99. The highest BCUT2D eigenvalue weighted by molar-refractivity contribution is 9.10. The van der Waals surface area contributed by atoms with Gasteiger partial charge in [-0.05, 0) is 51.6 Å². The predicted molar refractivity (Wildman–Crippen MR) is 117 cm³/mol. The van der Waals surface area contributed by atoms with Crippen molar-refractivity contribution in [2.45, 2.75) is 12.6 Å². The number of ketones is 1. The topological polar surface area (TPSA) is 76.1 Å². The zero-order chi connectivity index (χ0) is 20.8. The van der Waals surface area contributed by atoms with E-state index in [0.717, 1.165) is 14.2 Å². The van der Waals surface area contributed by atoms with E-state index in [4.69, 9.17) is 9.47 Å². The number of aliphatic hydroxyl groups excluding tert-OH is 1. The van der Waals surface area contributed by atoms with Crippen LogP contribution in [0.1, 0.15) is 21.4 Å². The first-order valence-electron chi connectivity index (χ1n) is 8.97. The number of hydrogen-bond acceptors (Lipinski definition) is 7. The largest absolute Gasteiger partial charge is 0.507 e. The summed E-state index contributed by atoms with van der Waals surface area (Å²) in [6.07, 6.45) is 0. The molecule has 1 amide bonds. The second-order valence-corrected chi connectivity index (χ2v) is 9.63. The molecule has 1 saturated heterocycles. The van der Waals surface area contributed by atoms with Gasteiger partial charge in [0.2, 0.25) is 6.79 Å². The van der Waals surface area contributed by atoms with Crippen molar-refractivity contribution in [1.82, 2.24) is 4.90 Å². The van der Waals surface area contributed by atoms with E-state index in [2.05, 4.69) is 15.9 Å². The maximum Gasteiger partial charge on any atom is 0.296 e. The van der Waals surface area contributed by atoms with E-state index in [9.17, 15) is 14.7 Å². The number of thiophene rings is 2. The van der Waals surface area contributed by atoms with Crippen molar-refractivity contribution >= 4 is 56.1 Å². The van der Waals surface area contributed by atoms with Crippen LogP contribution in [0.15, 0.2) is 57.2 Å². The van der Waals surface area contributed by atoms with E-state index < -0.39 is 17.7 Å². The normalized spacial score (nSPS) is 19.6. The highest BCUT2D eigenvalue weighted by Gasteiger charge is 2.46. The lowest BCUT2D eigenvalue weighted by Crippen LogP contribution is -2.28. The number of halogens is 1. The van der Waals surface area contributed by atoms with Crippen molar-refractivity contribution in [2.24, 2.45) is 0 Å². The van der Waals surface area contributed by atoms with Gasteiger partial charge in [0, 0.05) is 25.2 Å². The van der Waals surface area contributed by atoms with Gasteiger partial charge in [0.05, 0.1) is 12.1 Å². The van der Waals surface area contributed by atoms with Gasteiger partial charge in [-0.15, -0.1) is 22.7 Å². The molecule has 2 aromatic heterocycles. The van der Waals surface area contributed by atoms with Gasteiger partial charge in [0.15, 0.2) is 11.5 Å². The minimum atomic E-state index is -0.698. The Hall–Kier alpha value is -2.62. The van der Waals surface area contributed by atoms with E-state index >= 15 is 0 Å². The van der Waals surface area contributed by atoms with Crippen molar-refractivity contribution in [1.29, 1.82) is 0 Å². The smallest absolute Gasteiger partial charge is 0.296 e. The van der Waals surface area contributed by atoms with Crippen molar-refractivity contribution in [3.8, 4) is 11.5 Å². The summed E-state index contributed by atoms with van der Waals surface area (Å²) in [7, 11) is 0. The SMILES string of the molecule is O=C1C(=O)N(Cc2cccs2)C(c2cc(Br)cs2)/C1=C(\O)c1ccc2c(c1)OCO2. The zero-order valence-corrected chi connectivity index (χ0v) is 18.6. The van der Waals surface area contributed by atoms with Crippen LogP contribution in [0, 0.1) is 0 Å². The van der Waals surface area contributed by atoms with Gasteiger partial charge in [-0.2, -0.15) is 0 Å². The highest BCUT2D eigenvalue weighted by atomic mass is 79.9. The number of aliphatic hydroxyl groups is 1. The fraction of sp³-hybridized carbons (Fsp3) is 0.143. The molecule has 5 rings (SSSR count). The number of fused-ring (bicyclic) bond motifs is 1. The van der Waals surface area contributed by atoms with Gasteiger partial charge < -0.3 is 19.5 Å². The van der Waals surface area contributed by atoms with Crippen LogP contribution >= 0.6 is 38.6 Å². The fourth-order valence-electron chi connectivity index (χ4n) is 3.58. The Morgan fingerprint density at radius 3 is 2.73 bits per heavy atom. The molecule has 1 fully saturated rings. The molecule has 1 aromatic carbocycles. The molecule has 152 valence electrons. The van der Waals surface area contributed by atoms with Gasteiger partial charge in [-0.1, -0.05) is 6.07 Å². The quantitative estimate of drug-likeness (QED) is 0.310. The molecule has 30 heavy (non-hydrogen) atoms. The first-order chi connectivity index (χ1) is 14.5. The van der Waals surface area contributed by atoms with Crippen molar-refractivity contribution in [2.75, 3.05) is 6.79 Å². The minimum absolute atomic E-state index is 0.0739. The molecule has 3 aromatic rings. The number of amides is 1. The van der Waals surface area contributed by atoms with Crippen LogP contribution in [0.3, 0.4) is 0 Å². The van der Waals surface area contributed by atoms with Gasteiger partial charge in [0.1, 0.15) is 11.8 Å². The molecule has 6 nitrogen and oxygen atoms in total. The molecule has 9 heteroatoms. The Morgan fingerprint density at radius 1 is 1.17 bits per heavy atom. The Bertz CT molecular complexity index is 1180. The molecule has 1 N–H and O–H groups in total. The Kier molecular flexibility index (Phi) is 4.88. The van der Waals surface area contributed by atoms with E-state index in [0.29, 0.717) is 23.6 Å². The van der Waals surface area contributed by atoms with Crippen molar-refractivity contribution in [3.05, 3.63) is 72.5 Å². The number of carbonyl (C=O) groups excluding carboxylic acids is 2. The van der Waals surface area contributed by atoms with E-state index in [1.807, 2.05) is 29.0 Å². The molecule has 1 atom stereocenters. The number of hydrogen-bond donors (Lipinski definition) is 1. The minimum Gasteiger partial charge on any atom is -0.507 e. The molecule has 0 bridgehead atoms. The third-order valence-electron chi connectivity index (χ3n) is 4.95. The molecule has 0 radical (unpaired) electrons. The Morgan fingerprint density at radius 2 is 2.00 bits per heavy atom. The van der Waals surface area contributed by atoms with Gasteiger partial charge in [-0.25, -0.2) is 0 Å². The average molecular weight is 504 g/mol. The molecule has 0 aliphatic carbocycles. The van der Waals surface area contributed by atoms with Crippen LogP contribution < -0.4 is 9.47 Å². The number of rotatable bonds is 4. The summed E-state index contributed by atoms with van der Waals surface area (Å²) >= 11 is 6.38. The third-order valence-corrected chi connectivity index (χ3v) is 7.56. The lowest BCUT2D eigenvalue weighted by Gasteiger charge is -2.23. The number of nitrogens with zero attached hydrogens (tertiary/aromatic N) is 1. The van der Waals surface area contributed by atoms with Crippen LogP contribution in [0.5, 0.6) is 11.5 Å². The Labute approximate surface area is 188 Å². The maximum absolute atomic E-state index is 13.0. The zero-order valence-electron chi connectivity index (χ0n) is 15.3. The molecular weight excluding hydrogens is 490 g/mol. The lowest BCUT2D eigenvalue weighted by molar-refractivity contribution is -0.140. The van der Waals surface area contributed by atoms with E-state index in [-0.39, 0.29) is 18.1 Å². The monoisotopic (exact) mass is 503 g/mol. The van der Waals surface area contributed by atoms with Gasteiger partial charge >= 0.3 is 0 Å². The summed E-state index contributed by atoms with van der Waals surface area (Å²) in [5, 5.41) is 14.9. The number of ether oxygens (including phenoxy) is 2. The molecule has 4 heterocycles. The summed E-state index contributed by atoms with van der Waals surface area (Å²) in [5.74, 6) is -0.489. The highest BCUT2D eigenvalue weighted by Crippen LogP contribution is 2.44. The van der Waals surface area contributed by atoms with Gasteiger partial charge in [0.25, 0.3) is 11.7 Å². The summed E-state index contributed by atoms with van der Waals surface area (Å²) in [5.41, 5.74) is 0.471. The number of likely N-dealkylation sites (tertiary alicyclic amines) is 1. The second-order valence-electron chi connectivity index (χ2n) is 6.74. The Balaban J connectivity index is 1.63. The van der Waals surface area contributed by atoms with Crippen LogP contribution in [-0.2, 0) is 16.1 Å². The second kappa shape index (κ2) is 7.57. The molecule has 1 unspecified atom stereocenters.